The lowest BCUT2D eigenvalue weighted by molar-refractivity contribution is 0.676. The summed E-state index contributed by atoms with van der Waals surface area (Å²) in [5.41, 5.74) is 4.13. The van der Waals surface area contributed by atoms with Gasteiger partial charge in [0, 0.05) is 10.6 Å². The predicted octanol–water partition coefficient (Wildman–Crippen LogP) is 4.19. The van der Waals surface area contributed by atoms with Gasteiger partial charge in [-0.05, 0) is 35.9 Å². The van der Waals surface area contributed by atoms with E-state index in [1.165, 1.54) is 0 Å². The zero-order chi connectivity index (χ0) is 9.54. The van der Waals surface area contributed by atoms with Crippen LogP contribution in [-0.4, -0.2) is 0 Å². The summed E-state index contributed by atoms with van der Waals surface area (Å²) in [4.78, 5) is 0. The first-order valence-corrected chi connectivity index (χ1v) is 4.78. The van der Waals surface area contributed by atoms with Crippen molar-refractivity contribution in [1.82, 2.24) is 0 Å². The van der Waals surface area contributed by atoms with E-state index in [0.717, 1.165) is 27.3 Å². The standard InChI is InChI=1S/C12H7ClO/c13-9-3-1-8(2-4-9)11-7-10-5-6-12(11)14-10/h1-7H. The van der Waals surface area contributed by atoms with Crippen LogP contribution < -0.4 is 0 Å². The molecule has 14 heavy (non-hydrogen) atoms. The Morgan fingerprint density at radius 1 is 0.929 bits per heavy atom. The quantitative estimate of drug-likeness (QED) is 0.577. The molecule has 2 heteroatoms. The Morgan fingerprint density at radius 3 is 2.29 bits per heavy atom. The summed E-state index contributed by atoms with van der Waals surface area (Å²) in [6.45, 7) is 0. The van der Waals surface area contributed by atoms with Crippen LogP contribution in [0.15, 0.2) is 46.9 Å². The van der Waals surface area contributed by atoms with Crippen molar-refractivity contribution in [3.63, 3.8) is 0 Å². The van der Waals surface area contributed by atoms with E-state index in [4.69, 9.17) is 16.0 Å². The van der Waals surface area contributed by atoms with Crippen molar-refractivity contribution in [1.29, 1.82) is 0 Å². The molecule has 0 aliphatic heterocycles. The van der Waals surface area contributed by atoms with Gasteiger partial charge in [-0.25, -0.2) is 0 Å². The molecule has 0 saturated heterocycles. The lowest BCUT2D eigenvalue weighted by atomic mass is 10.1. The second kappa shape index (κ2) is 2.76. The van der Waals surface area contributed by atoms with E-state index < -0.39 is 0 Å². The Bertz CT molecular complexity index is 550. The van der Waals surface area contributed by atoms with Gasteiger partial charge >= 0.3 is 0 Å². The number of fused-ring (bicyclic) bond motifs is 2. The first-order valence-electron chi connectivity index (χ1n) is 4.41. The van der Waals surface area contributed by atoms with E-state index >= 15 is 0 Å². The molecule has 3 rings (SSSR count). The van der Waals surface area contributed by atoms with Crippen LogP contribution in [0.1, 0.15) is 0 Å². The normalized spacial score (nSPS) is 11.2. The largest absolute Gasteiger partial charge is 0.457 e. The summed E-state index contributed by atoms with van der Waals surface area (Å²) < 4.78 is 5.47. The number of rotatable bonds is 1. The van der Waals surface area contributed by atoms with Gasteiger partial charge in [0.15, 0.2) is 0 Å². The molecule has 3 aromatic rings. The molecule has 2 bridgehead atoms. The molecule has 2 aromatic heterocycles. The van der Waals surface area contributed by atoms with Crippen LogP contribution >= 0.6 is 11.6 Å². The van der Waals surface area contributed by atoms with Crippen LogP contribution in [0, 0.1) is 0 Å². The van der Waals surface area contributed by atoms with Crippen LogP contribution in [-0.2, 0) is 0 Å². The predicted molar refractivity (Wildman–Crippen MR) is 57.8 cm³/mol. The van der Waals surface area contributed by atoms with Crippen molar-refractivity contribution < 1.29 is 4.42 Å². The lowest BCUT2D eigenvalue weighted by Crippen LogP contribution is -1.74. The maximum absolute atomic E-state index is 5.82. The molecule has 0 amide bonds. The van der Waals surface area contributed by atoms with E-state index in [9.17, 15) is 0 Å². The van der Waals surface area contributed by atoms with Crippen molar-refractivity contribution in [2.45, 2.75) is 0 Å². The van der Waals surface area contributed by atoms with Crippen LogP contribution in [0.4, 0.5) is 0 Å². The summed E-state index contributed by atoms with van der Waals surface area (Å²) in [6.07, 6.45) is 0. The number of hydrogen-bond donors (Lipinski definition) is 0. The summed E-state index contributed by atoms with van der Waals surface area (Å²) in [7, 11) is 0. The summed E-state index contributed by atoms with van der Waals surface area (Å²) in [5, 5.41) is 0.756. The summed E-state index contributed by atoms with van der Waals surface area (Å²) >= 11 is 5.82. The fourth-order valence-electron chi connectivity index (χ4n) is 1.64. The van der Waals surface area contributed by atoms with Crippen LogP contribution in [0.5, 0.6) is 0 Å². The first kappa shape index (κ1) is 7.89. The molecular formula is C12H7ClO. The number of benzene rings is 2. The summed E-state index contributed by atoms with van der Waals surface area (Å²) in [6, 6.07) is 13.8. The molecule has 2 heterocycles. The van der Waals surface area contributed by atoms with Gasteiger partial charge in [0.25, 0.3) is 0 Å². The van der Waals surface area contributed by atoms with Gasteiger partial charge in [-0.2, -0.15) is 0 Å². The fourth-order valence-corrected chi connectivity index (χ4v) is 1.77. The molecule has 0 saturated carbocycles. The van der Waals surface area contributed by atoms with Crippen molar-refractivity contribution in [2.75, 3.05) is 0 Å². The van der Waals surface area contributed by atoms with Gasteiger partial charge in [-0.3, -0.25) is 0 Å². The van der Waals surface area contributed by atoms with Crippen LogP contribution in [0.3, 0.4) is 0 Å². The fraction of sp³-hybridized carbons (Fsp3) is 0. The Labute approximate surface area is 86.2 Å². The molecular weight excluding hydrogens is 196 g/mol. The second-order valence-corrected chi connectivity index (χ2v) is 3.70. The Kier molecular flexibility index (Phi) is 1.55. The molecule has 1 nitrogen and oxygen atoms in total. The van der Waals surface area contributed by atoms with Gasteiger partial charge < -0.3 is 4.42 Å². The summed E-state index contributed by atoms with van der Waals surface area (Å²) in [5.74, 6) is 0. The number of halogens is 1. The first-order chi connectivity index (χ1) is 6.83. The third-order valence-electron chi connectivity index (χ3n) is 2.33. The van der Waals surface area contributed by atoms with E-state index in [1.54, 1.807) is 0 Å². The molecule has 0 unspecified atom stereocenters. The molecule has 1 aromatic carbocycles. The minimum Gasteiger partial charge on any atom is -0.457 e. The molecule has 0 atom stereocenters. The highest BCUT2D eigenvalue weighted by molar-refractivity contribution is 6.30. The van der Waals surface area contributed by atoms with Gasteiger partial charge in [0.1, 0.15) is 11.2 Å². The van der Waals surface area contributed by atoms with E-state index in [0.29, 0.717) is 0 Å². The van der Waals surface area contributed by atoms with Crippen molar-refractivity contribution in [2.24, 2.45) is 0 Å². The maximum Gasteiger partial charge on any atom is 0.135 e. The average molecular weight is 203 g/mol. The van der Waals surface area contributed by atoms with Crippen molar-refractivity contribution >= 4 is 22.8 Å². The van der Waals surface area contributed by atoms with E-state index in [1.807, 2.05) is 42.5 Å². The highest BCUT2D eigenvalue weighted by Gasteiger charge is 2.08. The van der Waals surface area contributed by atoms with E-state index in [2.05, 4.69) is 0 Å². The van der Waals surface area contributed by atoms with Gasteiger partial charge in [-0.15, -0.1) is 0 Å². The maximum atomic E-state index is 5.82. The van der Waals surface area contributed by atoms with Crippen molar-refractivity contribution in [3.8, 4) is 11.1 Å². The minimum absolute atomic E-state index is 0.756. The molecule has 0 aliphatic rings. The van der Waals surface area contributed by atoms with Gasteiger partial charge in [0.05, 0.1) is 0 Å². The SMILES string of the molecule is Clc1ccc(-c2cc3ccc2o3)cc1. The molecule has 0 fully saturated rings. The molecule has 0 radical (unpaired) electrons. The molecule has 0 spiro atoms. The Balaban J connectivity index is 2.18. The Morgan fingerprint density at radius 2 is 1.71 bits per heavy atom. The average Bonchev–Trinajstić information content (AvgIpc) is 2.80. The Hall–Kier alpha value is -1.47. The highest BCUT2D eigenvalue weighted by Crippen LogP contribution is 2.31. The smallest absolute Gasteiger partial charge is 0.135 e. The van der Waals surface area contributed by atoms with Gasteiger partial charge in [0.2, 0.25) is 0 Å². The highest BCUT2D eigenvalue weighted by atomic mass is 35.5. The topological polar surface area (TPSA) is 13.1 Å². The zero-order valence-corrected chi connectivity index (χ0v) is 8.08. The van der Waals surface area contributed by atoms with Crippen molar-refractivity contribution in [3.05, 3.63) is 47.5 Å². The molecule has 68 valence electrons. The van der Waals surface area contributed by atoms with Crippen LogP contribution in [0.2, 0.25) is 5.02 Å². The van der Waals surface area contributed by atoms with Gasteiger partial charge in [-0.1, -0.05) is 23.7 Å². The molecule has 0 N–H and O–H groups in total. The van der Waals surface area contributed by atoms with Crippen LogP contribution in [0.25, 0.3) is 22.3 Å². The lowest BCUT2D eigenvalue weighted by Gasteiger charge is -1.97. The van der Waals surface area contributed by atoms with E-state index in [-0.39, 0.29) is 0 Å². The molecule has 0 aliphatic carbocycles. The minimum atomic E-state index is 0.756. The second-order valence-electron chi connectivity index (χ2n) is 3.27. The number of furan rings is 2. The third-order valence-corrected chi connectivity index (χ3v) is 2.59. The zero-order valence-electron chi connectivity index (χ0n) is 7.33. The number of hydrogen-bond acceptors (Lipinski definition) is 1. The monoisotopic (exact) mass is 202 g/mol. The third kappa shape index (κ3) is 1.10.